The highest BCUT2D eigenvalue weighted by atomic mass is 32.2. The Kier molecular flexibility index (Phi) is 5.91. The molecule has 1 aliphatic rings. The average molecular weight is 262 g/mol. The van der Waals surface area contributed by atoms with Crippen molar-refractivity contribution in [3.8, 4) is 0 Å². The summed E-state index contributed by atoms with van der Waals surface area (Å²) < 4.78 is 23.4. The van der Waals surface area contributed by atoms with Crippen LogP contribution in [0, 0.1) is 0 Å². The molecule has 1 saturated heterocycles. The minimum absolute atomic E-state index is 0.155. The fourth-order valence-corrected chi connectivity index (χ4v) is 3.79. The number of rotatable bonds is 6. The smallest absolute Gasteiger partial charge is 0.238 e. The van der Waals surface area contributed by atoms with Gasteiger partial charge in [0.1, 0.15) is 5.25 Å². The van der Waals surface area contributed by atoms with Crippen molar-refractivity contribution in [2.45, 2.75) is 37.9 Å². The van der Waals surface area contributed by atoms with Crippen molar-refractivity contribution in [1.82, 2.24) is 10.6 Å². The fourth-order valence-electron chi connectivity index (χ4n) is 1.96. The monoisotopic (exact) mass is 262 g/mol. The van der Waals surface area contributed by atoms with Crippen molar-refractivity contribution in [3.05, 3.63) is 0 Å². The zero-order chi connectivity index (χ0) is 12.7. The molecule has 2 N–H and O–H groups in total. The van der Waals surface area contributed by atoms with Gasteiger partial charge in [0.25, 0.3) is 0 Å². The van der Waals surface area contributed by atoms with Crippen LogP contribution in [0.25, 0.3) is 0 Å². The molecule has 100 valence electrons. The van der Waals surface area contributed by atoms with Gasteiger partial charge in [-0.15, -0.1) is 0 Å². The Morgan fingerprint density at radius 1 is 1.29 bits per heavy atom. The van der Waals surface area contributed by atoms with Crippen LogP contribution < -0.4 is 10.6 Å². The third-order valence-corrected chi connectivity index (χ3v) is 5.13. The molecule has 0 aromatic rings. The highest BCUT2D eigenvalue weighted by Crippen LogP contribution is 2.19. The van der Waals surface area contributed by atoms with Crippen LogP contribution in [0.2, 0.25) is 0 Å². The van der Waals surface area contributed by atoms with Gasteiger partial charge in [0.05, 0.1) is 5.75 Å². The molecule has 0 bridgehead atoms. The van der Waals surface area contributed by atoms with E-state index in [9.17, 15) is 13.2 Å². The van der Waals surface area contributed by atoms with E-state index in [4.69, 9.17) is 0 Å². The highest BCUT2D eigenvalue weighted by molar-refractivity contribution is 7.92. The van der Waals surface area contributed by atoms with Crippen molar-refractivity contribution in [2.24, 2.45) is 0 Å². The second-order valence-corrected chi connectivity index (χ2v) is 6.65. The van der Waals surface area contributed by atoms with Crippen LogP contribution in [0.15, 0.2) is 0 Å². The fraction of sp³-hybridized carbons (Fsp3) is 0.909. The van der Waals surface area contributed by atoms with Crippen molar-refractivity contribution < 1.29 is 13.2 Å². The first-order chi connectivity index (χ1) is 8.08. The lowest BCUT2D eigenvalue weighted by molar-refractivity contribution is -0.120. The highest BCUT2D eigenvalue weighted by Gasteiger charge is 2.34. The molecule has 0 aromatic carbocycles. The number of carbonyl (C=O) groups excluding carboxylic acids is 1. The van der Waals surface area contributed by atoms with Gasteiger partial charge in [0.2, 0.25) is 5.91 Å². The van der Waals surface area contributed by atoms with E-state index in [0.29, 0.717) is 19.4 Å². The van der Waals surface area contributed by atoms with E-state index in [-0.39, 0.29) is 11.7 Å². The molecule has 0 saturated carbocycles. The normalized spacial score (nSPS) is 23.2. The quantitative estimate of drug-likeness (QED) is 0.664. The molecule has 17 heavy (non-hydrogen) atoms. The number of amides is 1. The summed E-state index contributed by atoms with van der Waals surface area (Å²) in [4.78, 5) is 11.7. The Morgan fingerprint density at radius 2 is 2.06 bits per heavy atom. The lowest BCUT2D eigenvalue weighted by Gasteiger charge is -2.21. The maximum absolute atomic E-state index is 11.7. The Labute approximate surface area is 103 Å². The number of nitrogens with one attached hydrogen (secondary N) is 2. The van der Waals surface area contributed by atoms with E-state index < -0.39 is 15.1 Å². The van der Waals surface area contributed by atoms with Gasteiger partial charge < -0.3 is 10.6 Å². The van der Waals surface area contributed by atoms with Crippen LogP contribution in [0.4, 0.5) is 0 Å². The van der Waals surface area contributed by atoms with Crippen LogP contribution in [-0.2, 0) is 14.6 Å². The first-order valence-electron chi connectivity index (χ1n) is 6.28. The molecule has 6 heteroatoms. The Morgan fingerprint density at radius 3 is 2.71 bits per heavy atom. The van der Waals surface area contributed by atoms with Gasteiger partial charge >= 0.3 is 0 Å². The van der Waals surface area contributed by atoms with Crippen molar-refractivity contribution >= 4 is 15.7 Å². The molecule has 1 unspecified atom stereocenters. The standard InChI is InChI=1S/C11H22N2O3S/c1-2-12-7-5-8-13-11(14)10-6-3-4-9-17(10,15)16/h10,12H,2-9H2,1H3,(H,13,14). The second kappa shape index (κ2) is 6.96. The number of hydrogen-bond donors (Lipinski definition) is 2. The molecular weight excluding hydrogens is 240 g/mol. The van der Waals surface area contributed by atoms with E-state index in [1.54, 1.807) is 0 Å². The minimum Gasteiger partial charge on any atom is -0.355 e. The van der Waals surface area contributed by atoms with Gasteiger partial charge in [-0.3, -0.25) is 4.79 Å². The Balaban J connectivity index is 2.31. The van der Waals surface area contributed by atoms with Gasteiger partial charge in [-0.05, 0) is 32.4 Å². The minimum atomic E-state index is -3.20. The maximum atomic E-state index is 11.7. The van der Waals surface area contributed by atoms with E-state index in [0.717, 1.165) is 25.9 Å². The molecule has 0 spiro atoms. The molecule has 1 aliphatic heterocycles. The van der Waals surface area contributed by atoms with E-state index >= 15 is 0 Å². The summed E-state index contributed by atoms with van der Waals surface area (Å²) in [5.41, 5.74) is 0. The lowest BCUT2D eigenvalue weighted by atomic mass is 10.2. The lowest BCUT2D eigenvalue weighted by Crippen LogP contribution is -2.43. The summed E-state index contributed by atoms with van der Waals surface area (Å²) in [6.07, 6.45) is 2.81. The third kappa shape index (κ3) is 4.63. The molecule has 0 aromatic heterocycles. The summed E-state index contributed by atoms with van der Waals surface area (Å²) in [7, 11) is -3.20. The first-order valence-corrected chi connectivity index (χ1v) is 7.99. The Hall–Kier alpha value is -0.620. The van der Waals surface area contributed by atoms with Crippen LogP contribution >= 0.6 is 0 Å². The molecule has 1 atom stereocenters. The van der Waals surface area contributed by atoms with Crippen molar-refractivity contribution in [1.29, 1.82) is 0 Å². The Bertz CT molecular complexity index is 341. The maximum Gasteiger partial charge on any atom is 0.238 e. The molecular formula is C11H22N2O3S. The van der Waals surface area contributed by atoms with Crippen LogP contribution in [0.1, 0.15) is 32.6 Å². The van der Waals surface area contributed by atoms with Gasteiger partial charge in [0.15, 0.2) is 9.84 Å². The summed E-state index contributed by atoms with van der Waals surface area (Å²) in [5.74, 6) is -0.163. The number of carbonyl (C=O) groups is 1. The van der Waals surface area contributed by atoms with E-state index in [2.05, 4.69) is 10.6 Å². The molecule has 0 aliphatic carbocycles. The van der Waals surface area contributed by atoms with Gasteiger partial charge in [-0.1, -0.05) is 13.3 Å². The molecule has 1 amide bonds. The summed E-state index contributed by atoms with van der Waals surface area (Å²) in [6.45, 7) is 4.31. The molecule has 1 rings (SSSR count). The molecule has 1 heterocycles. The van der Waals surface area contributed by atoms with Crippen molar-refractivity contribution in [2.75, 3.05) is 25.4 Å². The van der Waals surface area contributed by atoms with Crippen LogP contribution in [-0.4, -0.2) is 45.0 Å². The van der Waals surface area contributed by atoms with Crippen LogP contribution in [0.5, 0.6) is 0 Å². The first kappa shape index (κ1) is 14.4. The SMILES string of the molecule is CCNCCCNC(=O)C1CCCCS1(=O)=O. The van der Waals surface area contributed by atoms with Gasteiger partial charge in [-0.2, -0.15) is 0 Å². The third-order valence-electron chi connectivity index (χ3n) is 2.95. The van der Waals surface area contributed by atoms with Crippen molar-refractivity contribution in [3.63, 3.8) is 0 Å². The number of hydrogen-bond acceptors (Lipinski definition) is 4. The zero-order valence-corrected chi connectivity index (χ0v) is 11.2. The summed E-state index contributed by atoms with van der Waals surface area (Å²) in [6, 6.07) is 0. The van der Waals surface area contributed by atoms with E-state index in [1.165, 1.54) is 0 Å². The van der Waals surface area contributed by atoms with Crippen LogP contribution in [0.3, 0.4) is 0 Å². The molecule has 5 nitrogen and oxygen atoms in total. The number of sulfone groups is 1. The van der Waals surface area contributed by atoms with E-state index in [1.807, 2.05) is 6.92 Å². The predicted molar refractivity (Wildman–Crippen MR) is 67.6 cm³/mol. The van der Waals surface area contributed by atoms with Gasteiger partial charge in [-0.25, -0.2) is 8.42 Å². The zero-order valence-electron chi connectivity index (χ0n) is 10.4. The predicted octanol–water partition coefficient (Wildman–Crippen LogP) is 0.0695. The summed E-state index contributed by atoms with van der Waals surface area (Å²) >= 11 is 0. The summed E-state index contributed by atoms with van der Waals surface area (Å²) in [5, 5.41) is 5.05. The molecule has 1 fully saturated rings. The molecule has 0 radical (unpaired) electrons. The average Bonchev–Trinajstić information content (AvgIpc) is 2.28. The second-order valence-electron chi connectivity index (χ2n) is 4.35. The largest absolute Gasteiger partial charge is 0.355 e. The topological polar surface area (TPSA) is 75.3 Å². The van der Waals surface area contributed by atoms with Gasteiger partial charge in [0, 0.05) is 6.54 Å².